The van der Waals surface area contributed by atoms with E-state index in [0.717, 1.165) is 0 Å². The lowest BCUT2D eigenvalue weighted by molar-refractivity contribution is -0.120. The zero-order valence-electron chi connectivity index (χ0n) is 11.9. The Kier molecular flexibility index (Phi) is 1.64. The minimum absolute atomic E-state index is 0.0190. The molecule has 2 N–H and O–H groups in total. The van der Waals surface area contributed by atoms with E-state index in [0.29, 0.717) is 6.42 Å². The van der Waals surface area contributed by atoms with Crippen molar-refractivity contribution in [3.63, 3.8) is 0 Å². The summed E-state index contributed by atoms with van der Waals surface area (Å²) < 4.78 is 30.8. The van der Waals surface area contributed by atoms with Crippen LogP contribution in [0.15, 0.2) is 36.3 Å². The molecule has 0 aliphatic heterocycles. The predicted molar refractivity (Wildman–Crippen MR) is 60.7 cm³/mol. The lowest BCUT2D eigenvalue weighted by Crippen LogP contribution is -2.45. The summed E-state index contributed by atoms with van der Waals surface area (Å²) in [6.07, 6.45) is 3.85. The number of allylic oxidation sites excluding steroid dienone is 1. The molecule has 2 rings (SSSR count). The Labute approximate surface area is 99.4 Å². The van der Waals surface area contributed by atoms with Crippen LogP contribution in [0.3, 0.4) is 0 Å². The van der Waals surface area contributed by atoms with Gasteiger partial charge in [-0.05, 0) is 30.5 Å². The van der Waals surface area contributed by atoms with Gasteiger partial charge in [-0.3, -0.25) is 4.79 Å². The van der Waals surface area contributed by atoms with Crippen LogP contribution in [0, 0.1) is 0 Å². The molecule has 0 radical (unpaired) electrons. The highest BCUT2D eigenvalue weighted by molar-refractivity contribution is 6.31. The van der Waals surface area contributed by atoms with Gasteiger partial charge in [-0.15, -0.1) is 0 Å². The quantitative estimate of drug-likeness (QED) is 0.798. The molecule has 0 amide bonds. The van der Waals surface area contributed by atoms with E-state index in [-0.39, 0.29) is 29.1 Å². The lowest BCUT2D eigenvalue weighted by Gasteiger charge is -2.30. The van der Waals surface area contributed by atoms with Crippen LogP contribution < -0.4 is 5.73 Å². The van der Waals surface area contributed by atoms with Gasteiger partial charge in [0.2, 0.25) is 0 Å². The average Bonchev–Trinajstić information content (AvgIpc) is 2.38. The fourth-order valence-electron chi connectivity index (χ4n) is 1.63. The monoisotopic (exact) mass is 225 g/mol. The topological polar surface area (TPSA) is 43.1 Å². The van der Waals surface area contributed by atoms with Crippen LogP contribution in [-0.4, -0.2) is 5.78 Å². The molecule has 1 unspecified atom stereocenters. The van der Waals surface area contributed by atoms with Crippen molar-refractivity contribution in [3.8, 4) is 0 Å². The van der Waals surface area contributed by atoms with E-state index in [2.05, 4.69) is 0 Å². The summed E-state index contributed by atoms with van der Waals surface area (Å²) in [5, 5.41) is -0.183. The van der Waals surface area contributed by atoms with Gasteiger partial charge in [-0.1, -0.05) is 35.8 Å². The second-order valence-corrected chi connectivity index (χ2v) is 3.84. The number of benzene rings is 1. The molecular formula is C12H12ClNO. The molecule has 1 aromatic rings. The third-order valence-corrected chi connectivity index (χ3v) is 2.79. The Morgan fingerprint density at radius 2 is 2.20 bits per heavy atom. The van der Waals surface area contributed by atoms with Crippen molar-refractivity contribution < 1.29 is 10.3 Å². The SMILES string of the molecule is [2H]c1c([2H])c([2H])c(C2(N)CCC=CC2=O)c(Cl)c1[2H]. The van der Waals surface area contributed by atoms with Crippen molar-refractivity contribution in [3.05, 3.63) is 46.9 Å². The lowest BCUT2D eigenvalue weighted by atomic mass is 9.79. The second-order valence-electron chi connectivity index (χ2n) is 3.47. The minimum Gasteiger partial charge on any atom is -0.315 e. The zero-order chi connectivity index (χ0) is 14.4. The number of carbonyl (C=O) groups is 1. The van der Waals surface area contributed by atoms with Crippen LogP contribution in [0.4, 0.5) is 0 Å². The smallest absolute Gasteiger partial charge is 0.179 e. The van der Waals surface area contributed by atoms with Crippen LogP contribution in [0.2, 0.25) is 5.02 Å². The van der Waals surface area contributed by atoms with Gasteiger partial charge in [-0.2, -0.15) is 0 Å². The van der Waals surface area contributed by atoms with Gasteiger partial charge in [0.1, 0.15) is 5.54 Å². The Morgan fingerprint density at radius 1 is 1.47 bits per heavy atom. The summed E-state index contributed by atoms with van der Waals surface area (Å²) in [6, 6.07) is -1.58. The van der Waals surface area contributed by atoms with Crippen molar-refractivity contribution >= 4 is 17.4 Å². The zero-order valence-corrected chi connectivity index (χ0v) is 8.69. The van der Waals surface area contributed by atoms with Gasteiger partial charge in [0, 0.05) is 5.02 Å². The van der Waals surface area contributed by atoms with Crippen LogP contribution in [-0.2, 0) is 10.3 Å². The fourth-order valence-corrected chi connectivity index (χ4v) is 1.89. The van der Waals surface area contributed by atoms with E-state index in [1.807, 2.05) is 0 Å². The molecule has 0 fully saturated rings. The molecule has 0 spiro atoms. The first-order valence-corrected chi connectivity index (χ1v) is 4.94. The largest absolute Gasteiger partial charge is 0.315 e. The van der Waals surface area contributed by atoms with Crippen LogP contribution >= 0.6 is 11.6 Å². The molecule has 1 atom stereocenters. The molecule has 0 saturated heterocycles. The van der Waals surface area contributed by atoms with Crippen molar-refractivity contribution in [2.45, 2.75) is 18.4 Å². The molecule has 1 aromatic carbocycles. The first kappa shape index (κ1) is 6.46. The van der Waals surface area contributed by atoms with E-state index in [9.17, 15) is 4.79 Å². The Morgan fingerprint density at radius 3 is 2.93 bits per heavy atom. The molecule has 1 aliphatic carbocycles. The van der Waals surface area contributed by atoms with Crippen LogP contribution in [0.5, 0.6) is 0 Å². The van der Waals surface area contributed by atoms with Gasteiger partial charge in [-0.25, -0.2) is 0 Å². The Balaban J connectivity index is 2.76. The summed E-state index contributed by atoms with van der Waals surface area (Å²) >= 11 is 6.00. The molecule has 3 heteroatoms. The van der Waals surface area contributed by atoms with Crippen LogP contribution in [0.25, 0.3) is 0 Å². The molecule has 0 heterocycles. The number of hydrogen-bond donors (Lipinski definition) is 1. The van der Waals surface area contributed by atoms with Gasteiger partial charge in [0.25, 0.3) is 0 Å². The maximum Gasteiger partial charge on any atom is 0.179 e. The van der Waals surface area contributed by atoms with E-state index in [4.69, 9.17) is 22.8 Å². The summed E-state index contributed by atoms with van der Waals surface area (Å²) in [4.78, 5) is 12.0. The maximum atomic E-state index is 12.0. The van der Waals surface area contributed by atoms with Gasteiger partial charge < -0.3 is 5.73 Å². The summed E-state index contributed by atoms with van der Waals surface area (Å²) in [5.74, 6) is -0.398. The molecule has 15 heavy (non-hydrogen) atoms. The average molecular weight is 226 g/mol. The number of hydrogen-bond acceptors (Lipinski definition) is 2. The van der Waals surface area contributed by atoms with Crippen molar-refractivity contribution in [2.75, 3.05) is 0 Å². The molecule has 0 saturated carbocycles. The summed E-state index contributed by atoms with van der Waals surface area (Å²) in [7, 11) is 0. The number of nitrogens with two attached hydrogens (primary N) is 1. The molecule has 78 valence electrons. The van der Waals surface area contributed by atoms with Gasteiger partial charge >= 0.3 is 0 Å². The Hall–Kier alpha value is -1.12. The van der Waals surface area contributed by atoms with E-state index < -0.39 is 23.4 Å². The minimum atomic E-state index is -1.48. The molecule has 1 aliphatic rings. The maximum absolute atomic E-state index is 12.0. The molecular weight excluding hydrogens is 210 g/mol. The number of ketones is 1. The second kappa shape index (κ2) is 3.80. The first-order chi connectivity index (χ1) is 8.80. The van der Waals surface area contributed by atoms with Crippen molar-refractivity contribution in [1.29, 1.82) is 0 Å². The van der Waals surface area contributed by atoms with Crippen LogP contribution in [0.1, 0.15) is 23.9 Å². The van der Waals surface area contributed by atoms with Crippen molar-refractivity contribution in [1.82, 2.24) is 0 Å². The molecule has 0 aromatic heterocycles. The molecule has 0 bridgehead atoms. The van der Waals surface area contributed by atoms with Gasteiger partial charge in [0.05, 0.1) is 5.48 Å². The standard InChI is InChI=1S/C12H12ClNO/c13-10-6-2-1-5-9(10)12(14)8-4-3-7-11(12)15/h1-3,5-7H,4,8,14H2/i1D,2D,5D,6D. The Bertz CT molecular complexity index is 573. The summed E-state index contributed by atoms with van der Waals surface area (Å²) in [5.41, 5.74) is 4.58. The first-order valence-electron chi connectivity index (χ1n) is 6.57. The molecule has 2 nitrogen and oxygen atoms in total. The van der Waals surface area contributed by atoms with E-state index in [1.165, 1.54) is 6.08 Å². The fraction of sp³-hybridized carbons (Fsp3) is 0.250. The van der Waals surface area contributed by atoms with E-state index >= 15 is 0 Å². The number of rotatable bonds is 1. The van der Waals surface area contributed by atoms with Crippen molar-refractivity contribution in [2.24, 2.45) is 5.73 Å². The van der Waals surface area contributed by atoms with E-state index in [1.54, 1.807) is 6.08 Å². The highest BCUT2D eigenvalue weighted by Crippen LogP contribution is 2.33. The highest BCUT2D eigenvalue weighted by atomic mass is 35.5. The summed E-state index contributed by atoms with van der Waals surface area (Å²) in [6.45, 7) is 0. The highest BCUT2D eigenvalue weighted by Gasteiger charge is 2.36. The number of carbonyl (C=O) groups excluding carboxylic acids is 1. The normalized spacial score (nSPS) is 29.3. The third-order valence-electron chi connectivity index (χ3n) is 2.50. The van der Waals surface area contributed by atoms with Gasteiger partial charge in [0.15, 0.2) is 5.78 Å². The third kappa shape index (κ3) is 1.71. The predicted octanol–water partition coefficient (Wildman–Crippen LogP) is 2.41. The number of halogens is 1.